The Bertz CT molecular complexity index is 157. The summed E-state index contributed by atoms with van der Waals surface area (Å²) >= 11 is 6.77. The van der Waals surface area contributed by atoms with Gasteiger partial charge in [0, 0.05) is 12.3 Å². The van der Waals surface area contributed by atoms with Crippen LogP contribution in [0.5, 0.6) is 0 Å². The summed E-state index contributed by atoms with van der Waals surface area (Å²) in [6.07, 6.45) is 0.718. The predicted octanol–water partition coefficient (Wildman–Crippen LogP) is -0.206. The molecule has 4 nitrogen and oxygen atoms in total. The van der Waals surface area contributed by atoms with Crippen LogP contribution in [-0.2, 0) is 0 Å². The van der Waals surface area contributed by atoms with Crippen molar-refractivity contribution in [3.8, 4) is 0 Å². The van der Waals surface area contributed by atoms with Crippen molar-refractivity contribution in [1.82, 2.24) is 5.43 Å². The fourth-order valence-corrected chi connectivity index (χ4v) is 1.65. The summed E-state index contributed by atoms with van der Waals surface area (Å²) in [5, 5.41) is 3.81. The normalized spacial score (nSPS) is 22.1. The third-order valence-corrected chi connectivity index (χ3v) is 2.10. The van der Waals surface area contributed by atoms with E-state index in [0.29, 0.717) is 5.88 Å². The maximum Gasteiger partial charge on any atom is 0.209 e. The van der Waals surface area contributed by atoms with E-state index in [-0.39, 0.29) is 0 Å². The summed E-state index contributed by atoms with van der Waals surface area (Å²) in [5.74, 6) is 0.545. The van der Waals surface area contributed by atoms with E-state index in [1.165, 1.54) is 11.8 Å². The molecule has 0 bridgehead atoms. The number of hydrazone groups is 1. The summed E-state index contributed by atoms with van der Waals surface area (Å²) in [7, 11) is 0. The van der Waals surface area contributed by atoms with Gasteiger partial charge < -0.3 is 0 Å². The predicted molar refractivity (Wildman–Crippen MR) is 44.6 cm³/mol. The zero-order valence-electron chi connectivity index (χ0n) is 5.30. The first-order chi connectivity index (χ1) is 4.64. The van der Waals surface area contributed by atoms with Crippen molar-refractivity contribution in [3.05, 3.63) is 0 Å². The average Bonchev–Trinajstić information content (AvgIpc) is 2.12. The van der Waals surface area contributed by atoms with Gasteiger partial charge in [-0.2, -0.15) is 5.10 Å². The van der Waals surface area contributed by atoms with E-state index in [4.69, 9.17) is 23.1 Å². The van der Waals surface area contributed by atoms with Crippen LogP contribution in [0.3, 0.4) is 0 Å². The molecule has 0 unspecified atom stereocenters. The minimum Gasteiger partial charge on any atom is -0.286 e. The Labute approximate surface area is 68.3 Å². The molecule has 0 saturated heterocycles. The largest absolute Gasteiger partial charge is 0.286 e. The summed E-state index contributed by atoms with van der Waals surface area (Å²) in [6.45, 7) is 0. The number of hydrogen-bond acceptors (Lipinski definition) is 5. The van der Waals surface area contributed by atoms with E-state index in [2.05, 4.69) is 10.5 Å². The maximum absolute atomic E-state index is 5.47. The summed E-state index contributed by atoms with van der Waals surface area (Å²) < 4.78 is 0. The van der Waals surface area contributed by atoms with Crippen LogP contribution in [0.1, 0.15) is 6.42 Å². The van der Waals surface area contributed by atoms with E-state index in [0.717, 1.165) is 11.5 Å². The van der Waals surface area contributed by atoms with Crippen molar-refractivity contribution >= 4 is 28.4 Å². The second-order valence-corrected chi connectivity index (χ2v) is 3.68. The molecule has 0 saturated carbocycles. The van der Waals surface area contributed by atoms with Crippen LogP contribution < -0.4 is 16.9 Å². The van der Waals surface area contributed by atoms with E-state index >= 15 is 0 Å². The highest BCUT2D eigenvalue weighted by Crippen LogP contribution is 2.20. The van der Waals surface area contributed by atoms with E-state index in [9.17, 15) is 0 Å². The van der Waals surface area contributed by atoms with Crippen LogP contribution in [0, 0.1) is 0 Å². The molecule has 0 aromatic rings. The topological polar surface area (TPSA) is 76.4 Å². The highest BCUT2D eigenvalue weighted by atomic mass is 35.5. The minimum atomic E-state index is -0.929. The molecular formula is C4H9ClN4S. The van der Waals surface area contributed by atoms with Crippen LogP contribution in [0.15, 0.2) is 5.10 Å². The molecule has 0 spiro atoms. The Hall–Kier alpha value is 0.0300. The van der Waals surface area contributed by atoms with Crippen molar-refractivity contribution in [1.29, 1.82) is 0 Å². The first-order valence-electron chi connectivity index (χ1n) is 2.80. The molecule has 58 valence electrons. The molecule has 1 aliphatic heterocycles. The monoisotopic (exact) mass is 180 g/mol. The minimum absolute atomic E-state index is 0.545. The molecule has 0 radical (unpaired) electrons. The lowest BCUT2D eigenvalue weighted by Gasteiger charge is -2.14. The molecule has 1 rings (SSSR count). The van der Waals surface area contributed by atoms with Gasteiger partial charge in [0.1, 0.15) is 0 Å². The third kappa shape index (κ3) is 2.02. The quantitative estimate of drug-likeness (QED) is 0.406. The van der Waals surface area contributed by atoms with Gasteiger partial charge in [-0.3, -0.25) is 16.9 Å². The summed E-state index contributed by atoms with van der Waals surface area (Å²) in [4.78, 5) is 0. The van der Waals surface area contributed by atoms with E-state index in [1.54, 1.807) is 0 Å². The second-order valence-electron chi connectivity index (χ2n) is 1.95. The standard InChI is InChI=1S/C4H9ClN4S/c5-2-1-3-8-9-4(6,7)10-3/h9H,1-2,6-7H2. The lowest BCUT2D eigenvalue weighted by atomic mass is 10.5. The van der Waals surface area contributed by atoms with Crippen LogP contribution in [0.4, 0.5) is 0 Å². The van der Waals surface area contributed by atoms with Gasteiger partial charge in [-0.1, -0.05) is 0 Å². The van der Waals surface area contributed by atoms with Gasteiger partial charge in [0.05, 0.1) is 5.04 Å². The Balaban J connectivity index is 2.39. The van der Waals surface area contributed by atoms with Crippen LogP contribution in [-0.4, -0.2) is 16.0 Å². The summed E-state index contributed by atoms with van der Waals surface area (Å²) in [5.41, 5.74) is 13.5. The number of hydrogen-bond donors (Lipinski definition) is 3. The number of nitrogens with one attached hydrogen (secondary N) is 1. The smallest absolute Gasteiger partial charge is 0.209 e. The fourth-order valence-electron chi connectivity index (χ4n) is 0.578. The van der Waals surface area contributed by atoms with Gasteiger partial charge in [-0.15, -0.1) is 11.6 Å². The highest BCUT2D eigenvalue weighted by Gasteiger charge is 2.27. The second kappa shape index (κ2) is 2.96. The van der Waals surface area contributed by atoms with E-state index < -0.39 is 5.12 Å². The van der Waals surface area contributed by atoms with Crippen LogP contribution >= 0.6 is 23.4 Å². The Morgan fingerprint density at radius 1 is 1.70 bits per heavy atom. The maximum atomic E-state index is 5.47. The third-order valence-electron chi connectivity index (χ3n) is 0.950. The van der Waals surface area contributed by atoms with Gasteiger partial charge in [-0.05, 0) is 11.8 Å². The Morgan fingerprint density at radius 3 is 2.80 bits per heavy atom. The zero-order valence-corrected chi connectivity index (χ0v) is 6.87. The van der Waals surface area contributed by atoms with Crippen molar-refractivity contribution < 1.29 is 0 Å². The lowest BCUT2D eigenvalue weighted by Crippen LogP contribution is -2.54. The molecule has 0 aromatic carbocycles. The molecule has 0 aromatic heterocycles. The summed E-state index contributed by atoms with van der Waals surface area (Å²) in [6, 6.07) is 0. The van der Waals surface area contributed by atoms with Gasteiger partial charge >= 0.3 is 0 Å². The van der Waals surface area contributed by atoms with Gasteiger partial charge in [0.2, 0.25) is 5.12 Å². The number of nitrogens with zero attached hydrogens (tertiary/aromatic N) is 1. The molecule has 0 amide bonds. The fraction of sp³-hybridized carbons (Fsp3) is 0.750. The van der Waals surface area contributed by atoms with E-state index in [1.807, 2.05) is 0 Å². The van der Waals surface area contributed by atoms with Crippen LogP contribution in [0.2, 0.25) is 0 Å². The Kier molecular flexibility index (Phi) is 2.40. The molecular weight excluding hydrogens is 172 g/mol. The average molecular weight is 181 g/mol. The first-order valence-corrected chi connectivity index (χ1v) is 4.15. The molecule has 1 heterocycles. The Morgan fingerprint density at radius 2 is 2.40 bits per heavy atom. The molecule has 5 N–H and O–H groups in total. The van der Waals surface area contributed by atoms with Gasteiger partial charge in [0.15, 0.2) is 0 Å². The number of nitrogens with two attached hydrogens (primary N) is 2. The number of thioether (sulfide) groups is 1. The van der Waals surface area contributed by atoms with Crippen molar-refractivity contribution in [3.63, 3.8) is 0 Å². The molecule has 1 aliphatic rings. The number of rotatable bonds is 2. The van der Waals surface area contributed by atoms with Crippen molar-refractivity contribution in [2.75, 3.05) is 5.88 Å². The van der Waals surface area contributed by atoms with Crippen molar-refractivity contribution in [2.45, 2.75) is 11.5 Å². The van der Waals surface area contributed by atoms with Crippen molar-refractivity contribution in [2.24, 2.45) is 16.6 Å². The lowest BCUT2D eigenvalue weighted by molar-refractivity contribution is 0.530. The zero-order chi connectivity index (χ0) is 7.61. The molecule has 6 heteroatoms. The molecule has 0 atom stereocenters. The first kappa shape index (κ1) is 8.13. The number of halogens is 1. The SMILES string of the molecule is NC1(N)NN=C(CCCl)S1. The van der Waals surface area contributed by atoms with Gasteiger partial charge in [-0.25, -0.2) is 0 Å². The highest BCUT2D eigenvalue weighted by molar-refractivity contribution is 8.15. The number of alkyl halides is 1. The molecule has 10 heavy (non-hydrogen) atoms. The molecule has 0 aliphatic carbocycles. The molecule has 0 fully saturated rings. The van der Waals surface area contributed by atoms with Gasteiger partial charge in [0.25, 0.3) is 0 Å². The van der Waals surface area contributed by atoms with Crippen LogP contribution in [0.25, 0.3) is 0 Å².